The lowest BCUT2D eigenvalue weighted by molar-refractivity contribution is -0.139. The van der Waals surface area contributed by atoms with Gasteiger partial charge in [-0.15, -0.1) is 0 Å². The van der Waals surface area contributed by atoms with E-state index in [1.807, 2.05) is 24.3 Å². The van der Waals surface area contributed by atoms with Crippen molar-refractivity contribution in [1.29, 1.82) is 0 Å². The summed E-state index contributed by atoms with van der Waals surface area (Å²) in [5.74, 6) is -0.853. The Balaban J connectivity index is 2.62. The van der Waals surface area contributed by atoms with Crippen LogP contribution in [0.25, 0.3) is 0 Å². The maximum absolute atomic E-state index is 11.4. The number of rotatable bonds is 10. The van der Waals surface area contributed by atoms with Gasteiger partial charge in [-0.3, -0.25) is 10.1 Å². The van der Waals surface area contributed by atoms with Crippen molar-refractivity contribution in [2.75, 3.05) is 33.3 Å². The Hall–Kier alpha value is -1.43. The normalized spacial score (nSPS) is 12.6. The van der Waals surface area contributed by atoms with Crippen molar-refractivity contribution >= 4 is 5.97 Å². The van der Waals surface area contributed by atoms with E-state index in [4.69, 9.17) is 4.74 Å². The van der Waals surface area contributed by atoms with E-state index in [0.717, 1.165) is 30.8 Å². The van der Waals surface area contributed by atoms with Gasteiger partial charge in [-0.2, -0.15) is 0 Å². The molecule has 0 aliphatic heterocycles. The monoisotopic (exact) mass is 294 g/mol. The summed E-state index contributed by atoms with van der Waals surface area (Å²) >= 11 is 0. The number of carboxylic acids is 1. The predicted molar refractivity (Wildman–Crippen MR) is 83.3 cm³/mol. The first kappa shape index (κ1) is 17.6. The van der Waals surface area contributed by atoms with E-state index >= 15 is 0 Å². The minimum atomic E-state index is -0.853. The smallest absolute Gasteiger partial charge is 0.325 e. The maximum Gasteiger partial charge on any atom is 0.325 e. The summed E-state index contributed by atoms with van der Waals surface area (Å²) in [4.78, 5) is 13.7. The first-order chi connectivity index (χ1) is 10.1. The minimum Gasteiger partial charge on any atom is -0.480 e. The first-order valence-corrected chi connectivity index (χ1v) is 7.38. The third-order valence-electron chi connectivity index (χ3n) is 3.54. The van der Waals surface area contributed by atoms with Crippen LogP contribution in [-0.4, -0.2) is 49.3 Å². The summed E-state index contributed by atoms with van der Waals surface area (Å²) in [6.45, 7) is 8.19. The van der Waals surface area contributed by atoms with Crippen molar-refractivity contribution in [3.8, 4) is 0 Å². The Morgan fingerprint density at radius 2 is 1.90 bits per heavy atom. The van der Waals surface area contributed by atoms with Crippen LogP contribution in [0.1, 0.15) is 31.0 Å². The van der Waals surface area contributed by atoms with E-state index in [-0.39, 0.29) is 0 Å². The summed E-state index contributed by atoms with van der Waals surface area (Å²) < 4.78 is 5.05. The van der Waals surface area contributed by atoms with Gasteiger partial charge >= 0.3 is 5.97 Å². The summed E-state index contributed by atoms with van der Waals surface area (Å²) in [7, 11) is 1.64. The van der Waals surface area contributed by atoms with Gasteiger partial charge in [-0.1, -0.05) is 38.1 Å². The Bertz CT molecular complexity index is 416. The number of likely N-dealkylation sites (N-methyl/N-ethyl adjacent to an activating group) is 1. The lowest BCUT2D eigenvalue weighted by Gasteiger charge is -2.20. The molecule has 21 heavy (non-hydrogen) atoms. The highest BCUT2D eigenvalue weighted by atomic mass is 16.5. The number of ether oxygens (including phenoxy) is 1. The molecule has 5 nitrogen and oxygen atoms in total. The molecule has 1 rings (SSSR count). The molecule has 0 spiro atoms. The van der Waals surface area contributed by atoms with Crippen LogP contribution in [0.15, 0.2) is 24.3 Å². The number of benzene rings is 1. The predicted octanol–water partition coefficient (Wildman–Crippen LogP) is 1.89. The Kier molecular flexibility index (Phi) is 7.97. The quantitative estimate of drug-likeness (QED) is 0.690. The molecule has 2 N–H and O–H groups in total. The van der Waals surface area contributed by atoms with Gasteiger partial charge in [0.15, 0.2) is 0 Å². The molecule has 1 aromatic carbocycles. The number of carboxylic acid groups (broad SMARTS) is 1. The molecule has 0 aromatic heterocycles. The molecule has 0 aliphatic carbocycles. The molecule has 1 atom stereocenters. The lowest BCUT2D eigenvalue weighted by atomic mass is 10.0. The van der Waals surface area contributed by atoms with Crippen LogP contribution in [0.2, 0.25) is 0 Å². The minimum absolute atomic E-state index is 0.535. The van der Waals surface area contributed by atoms with Gasteiger partial charge in [0.25, 0.3) is 0 Å². The number of hydrogen-bond donors (Lipinski definition) is 2. The highest BCUT2D eigenvalue weighted by Gasteiger charge is 2.18. The molecule has 5 heteroatoms. The maximum atomic E-state index is 11.4. The highest BCUT2D eigenvalue weighted by Crippen LogP contribution is 2.14. The molecule has 0 amide bonds. The average molecular weight is 294 g/mol. The Labute approximate surface area is 126 Å². The fraction of sp³-hybridized carbons (Fsp3) is 0.562. The number of nitrogens with one attached hydrogen (secondary N) is 1. The summed E-state index contributed by atoms with van der Waals surface area (Å²) in [6.07, 6.45) is 0. The molecule has 0 bridgehead atoms. The molecule has 0 heterocycles. The fourth-order valence-corrected chi connectivity index (χ4v) is 2.23. The van der Waals surface area contributed by atoms with Crippen molar-refractivity contribution in [1.82, 2.24) is 10.2 Å². The molecule has 0 fully saturated rings. The third-order valence-corrected chi connectivity index (χ3v) is 3.54. The van der Waals surface area contributed by atoms with Gasteiger partial charge in [0.2, 0.25) is 0 Å². The summed E-state index contributed by atoms with van der Waals surface area (Å²) in [5.41, 5.74) is 1.80. The van der Waals surface area contributed by atoms with Crippen molar-refractivity contribution in [2.45, 2.75) is 26.5 Å². The Morgan fingerprint density at radius 3 is 2.38 bits per heavy atom. The molecule has 118 valence electrons. The summed E-state index contributed by atoms with van der Waals surface area (Å²) in [5, 5.41) is 12.5. The van der Waals surface area contributed by atoms with Crippen LogP contribution in [0.5, 0.6) is 0 Å². The molecular weight excluding hydrogens is 268 g/mol. The van der Waals surface area contributed by atoms with Gasteiger partial charge in [0.05, 0.1) is 6.61 Å². The Morgan fingerprint density at radius 1 is 1.29 bits per heavy atom. The third kappa shape index (κ3) is 5.83. The second-order valence-electron chi connectivity index (χ2n) is 4.93. The van der Waals surface area contributed by atoms with Crippen LogP contribution >= 0.6 is 0 Å². The van der Waals surface area contributed by atoms with E-state index in [9.17, 15) is 9.90 Å². The molecular formula is C16H26N2O3. The van der Waals surface area contributed by atoms with Crippen molar-refractivity contribution in [2.24, 2.45) is 0 Å². The van der Waals surface area contributed by atoms with Crippen molar-refractivity contribution in [3.05, 3.63) is 35.4 Å². The topological polar surface area (TPSA) is 61.8 Å². The van der Waals surface area contributed by atoms with E-state index in [0.29, 0.717) is 13.2 Å². The van der Waals surface area contributed by atoms with Crippen LogP contribution in [0.3, 0.4) is 0 Å². The molecule has 0 radical (unpaired) electrons. The zero-order valence-corrected chi connectivity index (χ0v) is 13.1. The lowest BCUT2D eigenvalue weighted by Crippen LogP contribution is -2.36. The highest BCUT2D eigenvalue weighted by molar-refractivity contribution is 5.75. The molecule has 0 saturated carbocycles. The molecule has 1 aromatic rings. The largest absolute Gasteiger partial charge is 0.480 e. The molecule has 0 saturated heterocycles. The van der Waals surface area contributed by atoms with Crippen LogP contribution in [0, 0.1) is 0 Å². The zero-order chi connectivity index (χ0) is 15.7. The number of aliphatic carboxylic acids is 1. The van der Waals surface area contributed by atoms with Crippen molar-refractivity contribution < 1.29 is 14.6 Å². The molecule has 0 aliphatic rings. The number of methoxy groups -OCH3 is 1. The van der Waals surface area contributed by atoms with E-state index < -0.39 is 12.0 Å². The number of hydrogen-bond acceptors (Lipinski definition) is 4. The van der Waals surface area contributed by atoms with Crippen LogP contribution < -0.4 is 5.32 Å². The summed E-state index contributed by atoms with van der Waals surface area (Å²) in [6, 6.07) is 6.83. The SMILES string of the molecule is CCN(CC)CCNC(C(=O)O)c1ccc(COC)cc1. The van der Waals surface area contributed by atoms with Crippen LogP contribution in [-0.2, 0) is 16.1 Å². The fourth-order valence-electron chi connectivity index (χ4n) is 2.23. The number of nitrogens with zero attached hydrogens (tertiary/aromatic N) is 1. The van der Waals surface area contributed by atoms with E-state index in [1.165, 1.54) is 0 Å². The average Bonchev–Trinajstić information content (AvgIpc) is 2.49. The van der Waals surface area contributed by atoms with E-state index in [2.05, 4.69) is 24.1 Å². The van der Waals surface area contributed by atoms with Gasteiger partial charge in [-0.05, 0) is 24.2 Å². The van der Waals surface area contributed by atoms with Gasteiger partial charge in [0.1, 0.15) is 6.04 Å². The first-order valence-electron chi connectivity index (χ1n) is 7.38. The van der Waals surface area contributed by atoms with Crippen LogP contribution in [0.4, 0.5) is 0 Å². The second kappa shape index (κ2) is 9.50. The zero-order valence-electron chi connectivity index (χ0n) is 13.1. The second-order valence-corrected chi connectivity index (χ2v) is 4.93. The molecule has 1 unspecified atom stereocenters. The number of carbonyl (C=O) groups is 1. The van der Waals surface area contributed by atoms with Crippen molar-refractivity contribution in [3.63, 3.8) is 0 Å². The van der Waals surface area contributed by atoms with Gasteiger partial charge < -0.3 is 14.7 Å². The standard InChI is InChI=1S/C16H26N2O3/c1-4-18(5-2)11-10-17-15(16(19)20)14-8-6-13(7-9-14)12-21-3/h6-9,15,17H,4-5,10-12H2,1-3H3,(H,19,20). The van der Waals surface area contributed by atoms with E-state index in [1.54, 1.807) is 7.11 Å². The van der Waals surface area contributed by atoms with Gasteiger partial charge in [-0.25, -0.2) is 0 Å². The van der Waals surface area contributed by atoms with Gasteiger partial charge in [0, 0.05) is 20.2 Å².